The van der Waals surface area contributed by atoms with Gasteiger partial charge in [0.25, 0.3) is 0 Å². The molecule has 0 bridgehead atoms. The summed E-state index contributed by atoms with van der Waals surface area (Å²) in [5.41, 5.74) is 1.41. The molecule has 19 heavy (non-hydrogen) atoms. The first kappa shape index (κ1) is 15.8. The minimum atomic E-state index is -0.674. The Morgan fingerprint density at radius 1 is 1.21 bits per heavy atom. The lowest BCUT2D eigenvalue weighted by Crippen LogP contribution is -2.39. The lowest BCUT2D eigenvalue weighted by molar-refractivity contribution is -0.903. The van der Waals surface area contributed by atoms with Crippen LogP contribution in [0, 0.1) is 0 Å². The van der Waals surface area contributed by atoms with Crippen LogP contribution in [0.4, 0.5) is 0 Å². The van der Waals surface area contributed by atoms with Crippen LogP contribution in [0.1, 0.15) is 44.1 Å². The molecule has 0 saturated heterocycles. The van der Waals surface area contributed by atoms with Crippen molar-refractivity contribution in [1.29, 1.82) is 0 Å². The summed E-state index contributed by atoms with van der Waals surface area (Å²) in [5, 5.41) is 8.54. The van der Waals surface area contributed by atoms with E-state index in [0.717, 1.165) is 30.3 Å². The van der Waals surface area contributed by atoms with E-state index >= 15 is 0 Å². The lowest BCUT2D eigenvalue weighted by Gasteiger charge is -2.32. The quantitative estimate of drug-likeness (QED) is 0.400. The number of rotatable bonds is 10. The molecule has 0 unspecified atom stereocenters. The van der Waals surface area contributed by atoms with E-state index in [2.05, 4.69) is 38.4 Å². The Hall–Kier alpha value is -1.22. The van der Waals surface area contributed by atoms with Crippen molar-refractivity contribution in [2.24, 2.45) is 0 Å². The second-order valence-corrected chi connectivity index (χ2v) is 6.02. The van der Waals surface area contributed by atoms with Gasteiger partial charge in [-0.1, -0.05) is 12.8 Å². The maximum absolute atomic E-state index is 10.4. The second-order valence-electron chi connectivity index (χ2n) is 6.02. The Labute approximate surface area is 116 Å². The first-order chi connectivity index (χ1) is 8.99. The number of carbonyl (C=O) groups is 1. The van der Waals surface area contributed by atoms with Crippen molar-refractivity contribution < 1.29 is 14.4 Å². The molecule has 1 aromatic rings. The highest BCUT2D eigenvalue weighted by atomic mass is 16.4. The summed E-state index contributed by atoms with van der Waals surface area (Å²) in [6, 6.07) is 8.56. The Kier molecular flexibility index (Phi) is 6.71. The van der Waals surface area contributed by atoms with Crippen LogP contribution >= 0.6 is 0 Å². The molecule has 0 saturated carbocycles. The fourth-order valence-corrected chi connectivity index (χ4v) is 2.44. The zero-order chi connectivity index (χ0) is 14.1. The molecular formula is C16H27NO2. The molecule has 0 atom stereocenters. The van der Waals surface area contributed by atoms with E-state index < -0.39 is 5.97 Å². The van der Waals surface area contributed by atoms with Crippen LogP contribution in [0.5, 0.6) is 0 Å². The van der Waals surface area contributed by atoms with Gasteiger partial charge in [0.15, 0.2) is 0 Å². The fraction of sp³-hybridized carbons (Fsp3) is 0.625. The predicted molar refractivity (Wildman–Crippen MR) is 78.1 cm³/mol. The zero-order valence-electron chi connectivity index (χ0n) is 12.3. The molecule has 0 aromatic heterocycles. The van der Waals surface area contributed by atoms with Gasteiger partial charge in [-0.15, -0.1) is 5.56 Å². The highest BCUT2D eigenvalue weighted by molar-refractivity contribution is 5.66. The number of aliphatic carboxylic acids is 1. The fourth-order valence-electron chi connectivity index (χ4n) is 2.44. The number of unbranched alkanes of at least 4 members (excludes halogenated alkanes) is 4. The maximum atomic E-state index is 10.4. The molecular weight excluding hydrogens is 238 g/mol. The summed E-state index contributed by atoms with van der Waals surface area (Å²) in [6.07, 6.45) is 5.77. The molecule has 3 heteroatoms. The monoisotopic (exact) mass is 265 g/mol. The number of quaternary nitrogens is 1. The number of nitrogens with zero attached hydrogens (tertiary/aromatic N) is 1. The minimum absolute atomic E-state index is 0.318. The van der Waals surface area contributed by atoms with Gasteiger partial charge in [-0.2, -0.15) is 18.2 Å². The zero-order valence-corrected chi connectivity index (χ0v) is 12.3. The van der Waals surface area contributed by atoms with Gasteiger partial charge in [-0.3, -0.25) is 4.79 Å². The molecule has 0 spiro atoms. The third-order valence-corrected chi connectivity index (χ3v) is 3.50. The number of hydrogen-bond donors (Lipinski definition) is 1. The highest BCUT2D eigenvalue weighted by Crippen LogP contribution is 2.13. The lowest BCUT2D eigenvalue weighted by atomic mass is 10.1. The SMILES string of the molecule is C[N+](C)(CCCCCCCC(=O)O)Cc1cc[cH-]c1. The van der Waals surface area contributed by atoms with Gasteiger partial charge >= 0.3 is 5.97 Å². The molecule has 0 heterocycles. The topological polar surface area (TPSA) is 37.3 Å². The van der Waals surface area contributed by atoms with E-state index in [1.165, 1.54) is 24.9 Å². The van der Waals surface area contributed by atoms with E-state index in [1.807, 2.05) is 0 Å². The van der Waals surface area contributed by atoms with E-state index in [9.17, 15) is 4.79 Å². The van der Waals surface area contributed by atoms with Crippen LogP contribution in [0.25, 0.3) is 0 Å². The molecule has 1 rings (SSSR count). The summed E-state index contributed by atoms with van der Waals surface area (Å²) in [4.78, 5) is 10.4. The summed E-state index contributed by atoms with van der Waals surface area (Å²) in [6.45, 7) is 2.27. The average molecular weight is 265 g/mol. The van der Waals surface area contributed by atoms with Crippen LogP contribution in [-0.4, -0.2) is 36.2 Å². The molecule has 1 aromatic carbocycles. The Morgan fingerprint density at radius 2 is 1.89 bits per heavy atom. The molecule has 0 fully saturated rings. The van der Waals surface area contributed by atoms with Gasteiger partial charge in [0.05, 0.1) is 27.2 Å². The average Bonchev–Trinajstić information content (AvgIpc) is 2.79. The first-order valence-corrected chi connectivity index (χ1v) is 7.24. The maximum Gasteiger partial charge on any atom is 0.303 e. The van der Waals surface area contributed by atoms with Gasteiger partial charge in [0, 0.05) is 6.42 Å². The van der Waals surface area contributed by atoms with Crippen molar-refractivity contribution in [3.05, 3.63) is 29.8 Å². The van der Waals surface area contributed by atoms with Crippen molar-refractivity contribution in [2.45, 2.75) is 45.1 Å². The third-order valence-electron chi connectivity index (χ3n) is 3.50. The normalized spacial score (nSPS) is 11.7. The third kappa shape index (κ3) is 7.73. The van der Waals surface area contributed by atoms with E-state index in [0.29, 0.717) is 6.42 Å². The van der Waals surface area contributed by atoms with Gasteiger partial charge in [-0.05, 0) is 19.3 Å². The standard InChI is InChI=1S/C16H27NO2/c1-17(2,14-15-10-7-8-11-15)13-9-5-3-4-6-12-16(18)19/h7-8,10-11H,3-6,9,12-14H2,1-2H3,(H,18,19). The first-order valence-electron chi connectivity index (χ1n) is 7.24. The van der Waals surface area contributed by atoms with Gasteiger partial charge < -0.3 is 9.59 Å². The summed E-state index contributed by atoms with van der Waals surface area (Å²) >= 11 is 0. The molecule has 0 aliphatic heterocycles. The highest BCUT2D eigenvalue weighted by Gasteiger charge is 2.12. The largest absolute Gasteiger partial charge is 0.481 e. The van der Waals surface area contributed by atoms with Crippen LogP contribution in [0.3, 0.4) is 0 Å². The van der Waals surface area contributed by atoms with Crippen molar-refractivity contribution in [1.82, 2.24) is 0 Å². The van der Waals surface area contributed by atoms with Crippen molar-refractivity contribution in [3.63, 3.8) is 0 Å². The Morgan fingerprint density at radius 3 is 2.53 bits per heavy atom. The van der Waals surface area contributed by atoms with E-state index in [-0.39, 0.29) is 0 Å². The van der Waals surface area contributed by atoms with Crippen molar-refractivity contribution in [2.75, 3.05) is 20.6 Å². The molecule has 0 aliphatic carbocycles. The van der Waals surface area contributed by atoms with Gasteiger partial charge in [0.1, 0.15) is 0 Å². The summed E-state index contributed by atoms with van der Waals surface area (Å²) in [5.74, 6) is -0.674. The molecule has 0 amide bonds. The van der Waals surface area contributed by atoms with Crippen LogP contribution in [0.15, 0.2) is 24.3 Å². The predicted octanol–water partition coefficient (Wildman–Crippen LogP) is 3.41. The van der Waals surface area contributed by atoms with Crippen molar-refractivity contribution in [3.8, 4) is 0 Å². The van der Waals surface area contributed by atoms with E-state index in [1.54, 1.807) is 0 Å². The van der Waals surface area contributed by atoms with Crippen molar-refractivity contribution >= 4 is 5.97 Å². The summed E-state index contributed by atoms with van der Waals surface area (Å²) < 4.78 is 1.03. The summed E-state index contributed by atoms with van der Waals surface area (Å²) in [7, 11) is 4.55. The Balaban J connectivity index is 2.06. The number of carboxylic acid groups (broad SMARTS) is 1. The van der Waals surface area contributed by atoms with Crippen LogP contribution in [-0.2, 0) is 11.3 Å². The van der Waals surface area contributed by atoms with E-state index in [4.69, 9.17) is 5.11 Å². The number of hydrogen-bond acceptors (Lipinski definition) is 1. The second kappa shape index (κ2) is 8.05. The van der Waals surface area contributed by atoms with Crippen LogP contribution in [0.2, 0.25) is 0 Å². The van der Waals surface area contributed by atoms with Crippen LogP contribution < -0.4 is 0 Å². The number of carboxylic acids is 1. The minimum Gasteiger partial charge on any atom is -0.481 e. The smallest absolute Gasteiger partial charge is 0.303 e. The molecule has 108 valence electrons. The van der Waals surface area contributed by atoms with Gasteiger partial charge in [-0.25, -0.2) is 6.07 Å². The molecule has 3 nitrogen and oxygen atoms in total. The molecule has 1 N–H and O–H groups in total. The molecule has 0 aliphatic rings. The molecule has 0 radical (unpaired) electrons. The van der Waals surface area contributed by atoms with Gasteiger partial charge in [0.2, 0.25) is 0 Å². The Bertz CT molecular complexity index is 355.